The summed E-state index contributed by atoms with van der Waals surface area (Å²) in [6.07, 6.45) is 5.07. The molecule has 5 rings (SSSR count). The number of amides is 1. The molecule has 8 heteroatoms. The van der Waals surface area contributed by atoms with Gasteiger partial charge in [-0.3, -0.25) is 14.2 Å². The molecular formula is C23H19N5O3. The Balaban J connectivity index is 1.30. The van der Waals surface area contributed by atoms with Crippen LogP contribution in [0, 0.1) is 6.92 Å². The zero-order valence-corrected chi connectivity index (χ0v) is 16.8. The summed E-state index contributed by atoms with van der Waals surface area (Å²) in [7, 11) is 0. The third kappa shape index (κ3) is 3.59. The van der Waals surface area contributed by atoms with Gasteiger partial charge in [0.25, 0.3) is 5.56 Å². The Morgan fingerprint density at radius 1 is 1.06 bits per heavy atom. The van der Waals surface area contributed by atoms with Gasteiger partial charge in [0.1, 0.15) is 23.5 Å². The molecule has 0 saturated heterocycles. The average molecular weight is 413 g/mol. The summed E-state index contributed by atoms with van der Waals surface area (Å²) < 4.78 is 8.94. The van der Waals surface area contributed by atoms with E-state index in [2.05, 4.69) is 15.3 Å². The number of imidazole rings is 1. The van der Waals surface area contributed by atoms with Crippen molar-refractivity contribution in [3.63, 3.8) is 0 Å². The molecule has 0 aliphatic heterocycles. The van der Waals surface area contributed by atoms with Crippen LogP contribution in [0.2, 0.25) is 0 Å². The number of anilines is 1. The summed E-state index contributed by atoms with van der Waals surface area (Å²) in [5, 5.41) is 3.59. The van der Waals surface area contributed by atoms with Crippen molar-refractivity contribution >= 4 is 33.7 Å². The average Bonchev–Trinajstić information content (AvgIpc) is 3.35. The van der Waals surface area contributed by atoms with E-state index in [1.165, 1.54) is 10.9 Å². The Kier molecular flexibility index (Phi) is 4.59. The molecule has 0 bridgehead atoms. The first-order chi connectivity index (χ1) is 15.1. The van der Waals surface area contributed by atoms with Crippen molar-refractivity contribution in [3.8, 4) is 0 Å². The first kappa shape index (κ1) is 18.8. The third-order valence-electron chi connectivity index (χ3n) is 5.18. The van der Waals surface area contributed by atoms with Gasteiger partial charge in [-0.2, -0.15) is 0 Å². The zero-order valence-electron chi connectivity index (χ0n) is 16.8. The van der Waals surface area contributed by atoms with Crippen LogP contribution in [0.4, 0.5) is 5.69 Å². The maximum absolute atomic E-state index is 12.8. The van der Waals surface area contributed by atoms with Crippen LogP contribution in [0.5, 0.6) is 0 Å². The minimum atomic E-state index is -0.387. The van der Waals surface area contributed by atoms with Crippen LogP contribution in [0.1, 0.15) is 11.4 Å². The lowest BCUT2D eigenvalue weighted by molar-refractivity contribution is -0.116. The third-order valence-corrected chi connectivity index (χ3v) is 5.18. The molecule has 0 unspecified atom stereocenters. The molecule has 0 aliphatic rings. The van der Waals surface area contributed by atoms with E-state index in [-0.39, 0.29) is 23.6 Å². The van der Waals surface area contributed by atoms with Crippen LogP contribution < -0.4 is 10.9 Å². The predicted octanol–water partition coefficient (Wildman–Crippen LogP) is 3.33. The Morgan fingerprint density at radius 2 is 1.87 bits per heavy atom. The number of nitrogens with zero attached hydrogens (tertiary/aromatic N) is 4. The van der Waals surface area contributed by atoms with Crippen LogP contribution in [-0.2, 0) is 17.9 Å². The minimum Gasteiger partial charge on any atom is -0.448 e. The second kappa shape index (κ2) is 7.56. The summed E-state index contributed by atoms with van der Waals surface area (Å²) >= 11 is 0. The summed E-state index contributed by atoms with van der Waals surface area (Å²) in [6.45, 7) is 2.50. The van der Waals surface area contributed by atoms with E-state index < -0.39 is 0 Å². The molecular weight excluding hydrogens is 394 g/mol. The van der Waals surface area contributed by atoms with Crippen molar-refractivity contribution in [1.29, 1.82) is 0 Å². The fourth-order valence-corrected chi connectivity index (χ4v) is 3.54. The van der Waals surface area contributed by atoms with Crippen molar-refractivity contribution in [2.75, 3.05) is 5.32 Å². The van der Waals surface area contributed by atoms with E-state index in [0.29, 0.717) is 23.3 Å². The number of furan rings is 1. The van der Waals surface area contributed by atoms with E-state index in [4.69, 9.17) is 4.42 Å². The second-order valence-corrected chi connectivity index (χ2v) is 7.30. The molecule has 0 fully saturated rings. The molecule has 3 heterocycles. The number of rotatable bonds is 5. The molecule has 2 aromatic carbocycles. The van der Waals surface area contributed by atoms with Crippen molar-refractivity contribution in [3.05, 3.63) is 89.0 Å². The van der Waals surface area contributed by atoms with E-state index >= 15 is 0 Å². The van der Waals surface area contributed by atoms with Gasteiger partial charge in [0, 0.05) is 30.0 Å². The highest BCUT2D eigenvalue weighted by molar-refractivity contribution is 6.01. The number of hydrogen-bond acceptors (Lipinski definition) is 5. The number of aryl methyl sites for hydroxylation is 1. The van der Waals surface area contributed by atoms with E-state index in [1.54, 1.807) is 12.3 Å². The number of hydrogen-bond donors (Lipinski definition) is 1. The quantitative estimate of drug-likeness (QED) is 0.477. The van der Waals surface area contributed by atoms with Gasteiger partial charge in [0.2, 0.25) is 11.5 Å². The highest BCUT2D eigenvalue weighted by Crippen LogP contribution is 2.24. The van der Waals surface area contributed by atoms with Crippen molar-refractivity contribution in [2.24, 2.45) is 0 Å². The molecule has 8 nitrogen and oxygen atoms in total. The van der Waals surface area contributed by atoms with E-state index in [0.717, 1.165) is 16.8 Å². The van der Waals surface area contributed by atoms with Gasteiger partial charge in [-0.05, 0) is 36.8 Å². The fourth-order valence-electron chi connectivity index (χ4n) is 3.54. The van der Waals surface area contributed by atoms with Crippen molar-refractivity contribution in [2.45, 2.75) is 20.0 Å². The molecule has 0 atom stereocenters. The van der Waals surface area contributed by atoms with E-state index in [1.807, 2.05) is 60.2 Å². The number of fused-ring (bicyclic) bond motifs is 3. The van der Waals surface area contributed by atoms with Crippen LogP contribution in [0.25, 0.3) is 22.1 Å². The maximum Gasteiger partial charge on any atom is 0.297 e. The SMILES string of the molecule is Cc1nccn1Cc1ccc(NC(=O)Cn2cnc3c(oc4ccccc43)c2=O)cc1. The van der Waals surface area contributed by atoms with Gasteiger partial charge < -0.3 is 14.3 Å². The fraction of sp³-hybridized carbons (Fsp3) is 0.130. The lowest BCUT2D eigenvalue weighted by atomic mass is 10.2. The molecule has 0 spiro atoms. The topological polar surface area (TPSA) is 95.0 Å². The Bertz CT molecular complexity index is 1460. The van der Waals surface area contributed by atoms with Crippen LogP contribution in [0.3, 0.4) is 0 Å². The Morgan fingerprint density at radius 3 is 2.65 bits per heavy atom. The number of benzene rings is 2. The van der Waals surface area contributed by atoms with Gasteiger partial charge in [-0.1, -0.05) is 24.3 Å². The molecule has 0 saturated carbocycles. The number of carbonyl (C=O) groups excluding carboxylic acids is 1. The monoisotopic (exact) mass is 413 g/mol. The van der Waals surface area contributed by atoms with Gasteiger partial charge in [-0.25, -0.2) is 9.97 Å². The Labute approximate surface area is 176 Å². The van der Waals surface area contributed by atoms with Crippen molar-refractivity contribution < 1.29 is 9.21 Å². The van der Waals surface area contributed by atoms with Gasteiger partial charge in [0.05, 0.1) is 6.33 Å². The van der Waals surface area contributed by atoms with Crippen LogP contribution in [-0.4, -0.2) is 25.0 Å². The number of carbonyl (C=O) groups is 1. The second-order valence-electron chi connectivity index (χ2n) is 7.30. The molecule has 1 N–H and O–H groups in total. The predicted molar refractivity (Wildman–Crippen MR) is 117 cm³/mol. The van der Waals surface area contributed by atoms with Crippen molar-refractivity contribution in [1.82, 2.24) is 19.1 Å². The van der Waals surface area contributed by atoms with Gasteiger partial charge in [-0.15, -0.1) is 0 Å². The van der Waals surface area contributed by atoms with Crippen LogP contribution in [0.15, 0.2) is 76.5 Å². The lowest BCUT2D eigenvalue weighted by Gasteiger charge is -2.09. The molecule has 0 aliphatic carbocycles. The van der Waals surface area contributed by atoms with Gasteiger partial charge >= 0.3 is 0 Å². The Hall–Kier alpha value is -4.20. The normalized spacial score (nSPS) is 11.3. The summed E-state index contributed by atoms with van der Waals surface area (Å²) in [5.74, 6) is 0.621. The minimum absolute atomic E-state index is 0.149. The van der Waals surface area contributed by atoms with E-state index in [9.17, 15) is 9.59 Å². The number of aromatic nitrogens is 4. The molecule has 0 radical (unpaired) electrons. The summed E-state index contributed by atoms with van der Waals surface area (Å²) in [6, 6.07) is 14.9. The molecule has 154 valence electrons. The maximum atomic E-state index is 12.8. The number of para-hydroxylation sites is 1. The van der Waals surface area contributed by atoms with Gasteiger partial charge in [0.15, 0.2) is 0 Å². The highest BCUT2D eigenvalue weighted by Gasteiger charge is 2.14. The number of nitrogens with one attached hydrogen (secondary N) is 1. The first-order valence-corrected chi connectivity index (χ1v) is 9.82. The molecule has 3 aromatic heterocycles. The highest BCUT2D eigenvalue weighted by atomic mass is 16.3. The van der Waals surface area contributed by atoms with Crippen LogP contribution >= 0.6 is 0 Å². The molecule has 5 aromatic rings. The zero-order chi connectivity index (χ0) is 21.4. The standard InChI is InChI=1S/C23H19N5O3/c1-15-24-10-11-27(15)12-16-6-8-17(9-7-16)26-20(29)13-28-14-25-21-18-4-2-3-5-19(18)31-22(21)23(28)30/h2-11,14H,12-13H2,1H3,(H,26,29). The molecule has 31 heavy (non-hydrogen) atoms. The smallest absolute Gasteiger partial charge is 0.297 e. The summed E-state index contributed by atoms with van der Waals surface area (Å²) in [5.41, 5.74) is 2.60. The first-order valence-electron chi connectivity index (χ1n) is 9.82. The largest absolute Gasteiger partial charge is 0.448 e. The summed E-state index contributed by atoms with van der Waals surface area (Å²) in [4.78, 5) is 33.8. The lowest BCUT2D eigenvalue weighted by Crippen LogP contribution is -2.27. The molecule has 1 amide bonds.